The van der Waals surface area contributed by atoms with Crippen LogP contribution < -0.4 is 14.9 Å². The number of amides is 2. The zero-order valence-corrected chi connectivity index (χ0v) is 18.7. The number of hydrogen-bond donors (Lipinski definition) is 2. The highest BCUT2D eigenvalue weighted by atomic mass is 32.2. The molecule has 0 spiro atoms. The molecule has 2 amide bonds. The summed E-state index contributed by atoms with van der Waals surface area (Å²) in [6.07, 6.45) is 1.71. The zero-order chi connectivity index (χ0) is 23.8. The Labute approximate surface area is 191 Å². The molecule has 3 aromatic rings. The second-order valence-electron chi connectivity index (χ2n) is 7.10. The van der Waals surface area contributed by atoms with E-state index in [0.717, 1.165) is 12.1 Å². The van der Waals surface area contributed by atoms with Crippen LogP contribution in [-0.2, 0) is 26.2 Å². The van der Waals surface area contributed by atoms with Crippen molar-refractivity contribution >= 4 is 27.5 Å². The van der Waals surface area contributed by atoms with Crippen molar-refractivity contribution in [1.29, 1.82) is 0 Å². The van der Waals surface area contributed by atoms with Gasteiger partial charge in [0.25, 0.3) is 0 Å². The molecule has 3 rings (SSSR count). The third-order valence-corrected chi connectivity index (χ3v) is 6.28. The Hall–Kier alpha value is -3.50. The highest BCUT2D eigenvalue weighted by molar-refractivity contribution is 7.89. The van der Waals surface area contributed by atoms with Gasteiger partial charge >= 0.3 is 0 Å². The van der Waals surface area contributed by atoms with E-state index in [1.807, 2.05) is 0 Å². The van der Waals surface area contributed by atoms with E-state index in [1.54, 1.807) is 37.3 Å². The predicted molar refractivity (Wildman–Crippen MR) is 120 cm³/mol. The van der Waals surface area contributed by atoms with Crippen LogP contribution >= 0.6 is 0 Å². The van der Waals surface area contributed by atoms with Gasteiger partial charge in [0.05, 0.1) is 24.2 Å². The van der Waals surface area contributed by atoms with Crippen molar-refractivity contribution in [2.45, 2.75) is 30.8 Å². The molecule has 0 aliphatic carbocycles. The number of carbonyl (C=O) groups is 2. The van der Waals surface area contributed by atoms with Crippen molar-refractivity contribution in [3.63, 3.8) is 0 Å². The number of carbonyl (C=O) groups excluding carboxylic acids is 2. The molecule has 0 fully saturated rings. The lowest BCUT2D eigenvalue weighted by Gasteiger charge is -2.30. The van der Waals surface area contributed by atoms with Gasteiger partial charge in [0.2, 0.25) is 21.8 Å². The van der Waals surface area contributed by atoms with Crippen molar-refractivity contribution in [2.24, 2.45) is 0 Å². The SMILES string of the molecule is CC[C@@H](C(=O)NCc1ccco1)N(C(=O)CNS(=O)(=O)c1ccccc1)c1ccc(F)cc1. The number of halogens is 1. The second-order valence-corrected chi connectivity index (χ2v) is 8.87. The van der Waals surface area contributed by atoms with Crippen molar-refractivity contribution < 1.29 is 26.8 Å². The van der Waals surface area contributed by atoms with Gasteiger partial charge in [-0.1, -0.05) is 25.1 Å². The lowest BCUT2D eigenvalue weighted by Crippen LogP contribution is -2.52. The van der Waals surface area contributed by atoms with Crippen molar-refractivity contribution in [2.75, 3.05) is 11.4 Å². The molecule has 10 heteroatoms. The Balaban J connectivity index is 1.81. The monoisotopic (exact) mass is 473 g/mol. The van der Waals surface area contributed by atoms with Gasteiger partial charge in [0.1, 0.15) is 17.6 Å². The molecular formula is C23H24FN3O5S. The summed E-state index contributed by atoms with van der Waals surface area (Å²) in [4.78, 5) is 27.2. The molecule has 2 N–H and O–H groups in total. The van der Waals surface area contributed by atoms with E-state index in [4.69, 9.17) is 4.42 Å². The number of anilines is 1. The largest absolute Gasteiger partial charge is 0.467 e. The molecule has 8 nitrogen and oxygen atoms in total. The third kappa shape index (κ3) is 6.27. The highest BCUT2D eigenvalue weighted by Crippen LogP contribution is 2.20. The van der Waals surface area contributed by atoms with E-state index < -0.39 is 40.2 Å². The summed E-state index contributed by atoms with van der Waals surface area (Å²) in [5.41, 5.74) is 0.264. The molecule has 2 aromatic carbocycles. The molecule has 0 aliphatic heterocycles. The fourth-order valence-corrected chi connectivity index (χ4v) is 4.21. The number of sulfonamides is 1. The maximum atomic E-state index is 13.5. The Kier molecular flexibility index (Phi) is 7.96. The van der Waals surface area contributed by atoms with Gasteiger partial charge in [0.15, 0.2) is 0 Å². The molecule has 174 valence electrons. The molecule has 0 saturated carbocycles. The average Bonchev–Trinajstić information content (AvgIpc) is 3.34. The molecular weight excluding hydrogens is 449 g/mol. The standard InChI is InChI=1S/C23H24FN3O5S/c1-2-21(23(29)25-15-19-7-6-14-32-19)27(18-12-10-17(24)11-13-18)22(28)16-26-33(30,31)20-8-4-3-5-9-20/h3-14,21,26H,2,15-16H2,1H3,(H,25,29)/t21-/m0/s1. The summed E-state index contributed by atoms with van der Waals surface area (Å²) in [5, 5.41) is 2.71. The first-order valence-electron chi connectivity index (χ1n) is 10.2. The minimum Gasteiger partial charge on any atom is -0.467 e. The first-order chi connectivity index (χ1) is 15.8. The van der Waals surface area contributed by atoms with E-state index in [1.165, 1.54) is 35.4 Å². The van der Waals surface area contributed by atoms with Gasteiger partial charge in [0, 0.05) is 5.69 Å². The van der Waals surface area contributed by atoms with Crippen LogP contribution in [0.4, 0.5) is 10.1 Å². The molecule has 1 aromatic heterocycles. The summed E-state index contributed by atoms with van der Waals surface area (Å²) in [6.45, 7) is 1.25. The van der Waals surface area contributed by atoms with Gasteiger partial charge in [-0.3, -0.25) is 14.5 Å². The Bertz CT molecular complexity index is 1170. The number of nitrogens with one attached hydrogen (secondary N) is 2. The summed E-state index contributed by atoms with van der Waals surface area (Å²) >= 11 is 0. The molecule has 0 radical (unpaired) electrons. The fraction of sp³-hybridized carbons (Fsp3) is 0.217. The van der Waals surface area contributed by atoms with Crippen LogP contribution in [0.3, 0.4) is 0 Å². The Morgan fingerprint density at radius 2 is 1.73 bits per heavy atom. The number of nitrogens with zero attached hydrogens (tertiary/aromatic N) is 1. The molecule has 0 bridgehead atoms. The number of rotatable bonds is 10. The van der Waals surface area contributed by atoms with E-state index in [-0.39, 0.29) is 23.5 Å². The fourth-order valence-electron chi connectivity index (χ4n) is 3.21. The minimum atomic E-state index is -3.94. The summed E-state index contributed by atoms with van der Waals surface area (Å²) in [7, 11) is -3.94. The van der Waals surface area contributed by atoms with Crippen LogP contribution in [0.5, 0.6) is 0 Å². The Morgan fingerprint density at radius 1 is 1.03 bits per heavy atom. The second kappa shape index (κ2) is 10.9. The molecule has 1 atom stereocenters. The normalized spacial score (nSPS) is 12.2. The number of benzene rings is 2. The van der Waals surface area contributed by atoms with Crippen LogP contribution in [0.2, 0.25) is 0 Å². The molecule has 0 saturated heterocycles. The van der Waals surface area contributed by atoms with E-state index in [2.05, 4.69) is 10.0 Å². The number of hydrogen-bond acceptors (Lipinski definition) is 5. The molecule has 33 heavy (non-hydrogen) atoms. The molecule has 1 heterocycles. The van der Waals surface area contributed by atoms with E-state index in [0.29, 0.717) is 5.76 Å². The topological polar surface area (TPSA) is 109 Å². The van der Waals surface area contributed by atoms with Gasteiger partial charge in [-0.2, -0.15) is 0 Å². The van der Waals surface area contributed by atoms with Crippen molar-refractivity contribution in [3.05, 3.63) is 84.6 Å². The maximum absolute atomic E-state index is 13.5. The van der Waals surface area contributed by atoms with Crippen molar-refractivity contribution in [1.82, 2.24) is 10.0 Å². The van der Waals surface area contributed by atoms with Crippen LogP contribution in [0.1, 0.15) is 19.1 Å². The lowest BCUT2D eigenvalue weighted by molar-refractivity contribution is -0.126. The number of furan rings is 1. The first kappa shape index (κ1) is 24.1. The minimum absolute atomic E-state index is 0.00867. The van der Waals surface area contributed by atoms with Crippen LogP contribution in [0.25, 0.3) is 0 Å². The highest BCUT2D eigenvalue weighted by Gasteiger charge is 2.30. The average molecular weight is 474 g/mol. The van der Waals surface area contributed by atoms with Crippen LogP contribution in [-0.4, -0.2) is 32.8 Å². The van der Waals surface area contributed by atoms with Crippen molar-refractivity contribution in [3.8, 4) is 0 Å². The van der Waals surface area contributed by atoms with E-state index >= 15 is 0 Å². The van der Waals surface area contributed by atoms with Gasteiger partial charge < -0.3 is 9.73 Å². The summed E-state index contributed by atoms with van der Waals surface area (Å²) < 4.78 is 46.0. The first-order valence-corrected chi connectivity index (χ1v) is 11.7. The third-order valence-electron chi connectivity index (χ3n) is 4.86. The molecule has 0 unspecified atom stereocenters. The summed E-state index contributed by atoms with van der Waals surface area (Å²) in [5.74, 6) is -1.10. The Morgan fingerprint density at radius 3 is 2.33 bits per heavy atom. The maximum Gasteiger partial charge on any atom is 0.243 e. The van der Waals surface area contributed by atoms with E-state index in [9.17, 15) is 22.4 Å². The zero-order valence-electron chi connectivity index (χ0n) is 17.9. The van der Waals surface area contributed by atoms with Gasteiger partial charge in [-0.05, 0) is 55.0 Å². The predicted octanol–water partition coefficient (Wildman–Crippen LogP) is 2.83. The lowest BCUT2D eigenvalue weighted by atomic mass is 10.1. The molecule has 0 aliphatic rings. The van der Waals surface area contributed by atoms with Crippen LogP contribution in [0.15, 0.2) is 82.3 Å². The quantitative estimate of drug-likeness (QED) is 0.471. The van der Waals surface area contributed by atoms with Gasteiger partial charge in [-0.15, -0.1) is 0 Å². The smallest absolute Gasteiger partial charge is 0.243 e. The van der Waals surface area contributed by atoms with Crippen LogP contribution in [0, 0.1) is 5.82 Å². The van der Waals surface area contributed by atoms with Gasteiger partial charge in [-0.25, -0.2) is 17.5 Å². The summed E-state index contributed by atoms with van der Waals surface area (Å²) in [6, 6.07) is 15.1.